The molecule has 1 aromatic heterocycles. The molecule has 0 unspecified atom stereocenters. The van der Waals surface area contributed by atoms with Crippen LogP contribution in [0.4, 0.5) is 13.2 Å². The molecular weight excluding hydrogens is 421 g/mol. The number of rotatable bonds is 5. The summed E-state index contributed by atoms with van der Waals surface area (Å²) in [6.07, 6.45) is -2.16. The fourth-order valence-electron chi connectivity index (χ4n) is 3.77. The summed E-state index contributed by atoms with van der Waals surface area (Å²) < 4.78 is 41.6. The Hall–Kier alpha value is -2.79. The van der Waals surface area contributed by atoms with Crippen molar-refractivity contribution in [3.63, 3.8) is 0 Å². The minimum Gasteiger partial charge on any atom is -0.296 e. The lowest BCUT2D eigenvalue weighted by Crippen LogP contribution is -2.06. The van der Waals surface area contributed by atoms with Gasteiger partial charge in [-0.3, -0.25) is 4.57 Å². The molecule has 0 amide bonds. The molecule has 4 aromatic rings. The van der Waals surface area contributed by atoms with E-state index in [1.54, 1.807) is 0 Å². The molecule has 4 rings (SSSR count). The van der Waals surface area contributed by atoms with Crippen LogP contribution in [0.3, 0.4) is 0 Å². The number of fused-ring (bicyclic) bond motifs is 1. The van der Waals surface area contributed by atoms with E-state index < -0.39 is 11.7 Å². The van der Waals surface area contributed by atoms with Crippen molar-refractivity contribution in [1.82, 2.24) is 9.55 Å². The van der Waals surface area contributed by atoms with Crippen molar-refractivity contribution in [3.8, 4) is 5.69 Å². The zero-order valence-electron chi connectivity index (χ0n) is 17.2. The van der Waals surface area contributed by atoms with Crippen LogP contribution in [-0.4, -0.2) is 9.55 Å². The summed E-state index contributed by atoms with van der Waals surface area (Å²) in [5.74, 6) is 0.688. The molecule has 0 atom stereocenters. The van der Waals surface area contributed by atoms with Crippen molar-refractivity contribution in [2.45, 2.75) is 39.3 Å². The Morgan fingerprint density at radius 2 is 1.77 bits per heavy atom. The third-order valence-electron chi connectivity index (χ3n) is 5.33. The van der Waals surface area contributed by atoms with Crippen LogP contribution in [0.2, 0.25) is 5.02 Å². The first-order valence-corrected chi connectivity index (χ1v) is 10.5. The van der Waals surface area contributed by atoms with Crippen molar-refractivity contribution in [2.75, 3.05) is 0 Å². The van der Waals surface area contributed by atoms with Crippen molar-refractivity contribution in [1.29, 1.82) is 0 Å². The Kier molecular flexibility index (Phi) is 5.80. The minimum absolute atomic E-state index is 0.285. The Bertz CT molecular complexity index is 1220. The van der Waals surface area contributed by atoms with Crippen molar-refractivity contribution in [2.24, 2.45) is 0 Å². The molecule has 2 nitrogen and oxygen atoms in total. The molecule has 0 saturated carbocycles. The number of hydrogen-bond donors (Lipinski definition) is 0. The molecule has 0 bridgehead atoms. The summed E-state index contributed by atoms with van der Waals surface area (Å²) in [7, 11) is 0. The van der Waals surface area contributed by atoms with Crippen LogP contribution in [0, 0.1) is 13.0 Å². The van der Waals surface area contributed by atoms with Gasteiger partial charge < -0.3 is 0 Å². The van der Waals surface area contributed by atoms with Gasteiger partial charge in [-0.15, -0.1) is 0 Å². The number of imidazole rings is 1. The molecule has 0 N–H and O–H groups in total. The van der Waals surface area contributed by atoms with Gasteiger partial charge in [0.2, 0.25) is 0 Å². The molecule has 0 aliphatic rings. The van der Waals surface area contributed by atoms with Gasteiger partial charge in [-0.1, -0.05) is 54.4 Å². The topological polar surface area (TPSA) is 17.8 Å². The van der Waals surface area contributed by atoms with E-state index in [1.165, 1.54) is 22.8 Å². The maximum Gasteiger partial charge on any atom is 0.417 e. The van der Waals surface area contributed by atoms with Gasteiger partial charge >= 0.3 is 6.18 Å². The van der Waals surface area contributed by atoms with Crippen molar-refractivity contribution in [3.05, 3.63) is 93.8 Å². The highest BCUT2D eigenvalue weighted by molar-refractivity contribution is 6.32. The molecule has 0 spiro atoms. The van der Waals surface area contributed by atoms with Gasteiger partial charge in [-0.05, 0) is 61.2 Å². The average Bonchev–Trinajstić information content (AvgIpc) is 3.09. The predicted octanol–water partition coefficient (Wildman–Crippen LogP) is 7.15. The first-order chi connectivity index (χ1) is 14.8. The van der Waals surface area contributed by atoms with Crippen LogP contribution >= 0.6 is 11.6 Å². The Balaban J connectivity index is 1.65. The molecule has 1 heterocycles. The van der Waals surface area contributed by atoms with Crippen molar-refractivity contribution < 1.29 is 13.2 Å². The van der Waals surface area contributed by atoms with E-state index in [0.29, 0.717) is 17.8 Å². The molecule has 159 valence electrons. The molecule has 31 heavy (non-hydrogen) atoms. The Labute approximate surface area is 184 Å². The van der Waals surface area contributed by atoms with E-state index in [1.807, 2.05) is 47.9 Å². The monoisotopic (exact) mass is 441 g/mol. The summed E-state index contributed by atoms with van der Waals surface area (Å²) in [6.45, 7) is 3.99. The van der Waals surface area contributed by atoms with Gasteiger partial charge in [0.15, 0.2) is 0 Å². The highest BCUT2D eigenvalue weighted by atomic mass is 35.5. The second kappa shape index (κ2) is 8.39. The number of aryl methyl sites for hydroxylation is 4. The van der Waals surface area contributed by atoms with Crippen LogP contribution in [0.15, 0.2) is 54.6 Å². The summed E-state index contributed by atoms with van der Waals surface area (Å²) in [5, 5.41) is -0.324. The standard InChI is InChI=1S/C25H21ClF3N2/c1-3-24-30-22-14-20(25(27,28)29)21(26)15-23(22)31(24)19-11-9-17(10-12-19)7-8-18-6-4-5-16(2)13-18/h4-5,9-15H,3,7-8H2,1-2H3. The largest absolute Gasteiger partial charge is 0.417 e. The Morgan fingerprint density at radius 1 is 1.03 bits per heavy atom. The molecule has 0 aliphatic heterocycles. The highest BCUT2D eigenvalue weighted by Gasteiger charge is 2.34. The lowest BCUT2D eigenvalue weighted by Gasteiger charge is -2.12. The van der Waals surface area contributed by atoms with Crippen LogP contribution in [0.25, 0.3) is 16.7 Å². The lowest BCUT2D eigenvalue weighted by molar-refractivity contribution is -0.137. The molecule has 0 fully saturated rings. The summed E-state index contributed by atoms with van der Waals surface area (Å²) >= 11 is 5.97. The Morgan fingerprint density at radius 3 is 2.42 bits per heavy atom. The molecule has 6 heteroatoms. The van der Waals surface area contributed by atoms with Gasteiger partial charge in [0, 0.05) is 12.1 Å². The van der Waals surface area contributed by atoms with Gasteiger partial charge in [0.25, 0.3) is 0 Å². The average molecular weight is 442 g/mol. The molecule has 1 radical (unpaired) electrons. The summed E-state index contributed by atoms with van der Waals surface area (Å²) in [4.78, 5) is 4.43. The number of nitrogens with zero attached hydrogens (tertiary/aromatic N) is 2. The quantitative estimate of drug-likeness (QED) is 0.321. The summed E-state index contributed by atoms with van der Waals surface area (Å²) in [6, 6.07) is 19.8. The van der Waals surface area contributed by atoms with Crippen LogP contribution in [0.1, 0.15) is 35.0 Å². The first-order valence-electron chi connectivity index (χ1n) is 10.1. The van der Waals surface area contributed by atoms with Crippen LogP contribution in [0.5, 0.6) is 0 Å². The number of halogens is 4. The van der Waals surface area contributed by atoms with Crippen LogP contribution in [-0.2, 0) is 25.4 Å². The van der Waals surface area contributed by atoms with Gasteiger partial charge in [-0.2, -0.15) is 13.2 Å². The minimum atomic E-state index is -4.52. The van der Waals surface area contributed by atoms with Gasteiger partial charge in [0.05, 0.1) is 21.6 Å². The van der Waals surface area contributed by atoms with E-state index in [4.69, 9.17) is 11.6 Å². The molecule has 3 aromatic carbocycles. The number of aromatic nitrogens is 2. The zero-order chi connectivity index (χ0) is 22.2. The SMILES string of the molecule is CCc1nc2cc(C(F)(F)F)c(Cl)cc2n1-c1ccc(CCc2[c]ccc(C)c2)cc1. The van der Waals surface area contributed by atoms with Crippen LogP contribution < -0.4 is 0 Å². The molecular formula is C25H21ClF3N2. The van der Waals surface area contributed by atoms with E-state index in [0.717, 1.165) is 24.6 Å². The predicted molar refractivity (Wildman–Crippen MR) is 118 cm³/mol. The number of hydrogen-bond acceptors (Lipinski definition) is 1. The fraction of sp³-hybridized carbons (Fsp3) is 0.240. The van der Waals surface area contributed by atoms with Gasteiger partial charge in [-0.25, -0.2) is 4.98 Å². The van der Waals surface area contributed by atoms with Gasteiger partial charge in [0.1, 0.15) is 5.82 Å². The second-order valence-corrected chi connectivity index (χ2v) is 8.00. The zero-order valence-corrected chi connectivity index (χ0v) is 18.0. The summed E-state index contributed by atoms with van der Waals surface area (Å²) in [5.41, 5.74) is 4.41. The smallest absolute Gasteiger partial charge is 0.296 e. The second-order valence-electron chi connectivity index (χ2n) is 7.59. The third-order valence-corrected chi connectivity index (χ3v) is 5.64. The normalized spacial score (nSPS) is 11.9. The van der Waals surface area contributed by atoms with E-state index in [9.17, 15) is 13.2 Å². The van der Waals surface area contributed by atoms with E-state index in [-0.39, 0.29) is 10.5 Å². The molecule has 0 aliphatic carbocycles. The van der Waals surface area contributed by atoms with Crippen molar-refractivity contribution >= 4 is 22.6 Å². The number of benzene rings is 3. The lowest BCUT2D eigenvalue weighted by atomic mass is 10.0. The van der Waals surface area contributed by atoms with E-state index in [2.05, 4.69) is 24.0 Å². The first kappa shape index (κ1) is 21.4. The van der Waals surface area contributed by atoms with E-state index >= 15 is 0 Å². The highest BCUT2D eigenvalue weighted by Crippen LogP contribution is 2.37. The number of alkyl halides is 3. The molecule has 0 saturated heterocycles. The third kappa shape index (κ3) is 4.47. The maximum atomic E-state index is 13.2. The maximum absolute atomic E-state index is 13.2. The fourth-order valence-corrected chi connectivity index (χ4v) is 4.04.